The topological polar surface area (TPSA) is 46.6 Å². The number of aryl methyl sites for hydroxylation is 2. The van der Waals surface area contributed by atoms with Crippen molar-refractivity contribution in [3.63, 3.8) is 0 Å². The molecule has 0 aromatic heterocycles. The molecule has 1 saturated heterocycles. The highest BCUT2D eigenvalue weighted by Crippen LogP contribution is 2.38. The van der Waals surface area contributed by atoms with Crippen LogP contribution < -0.4 is 0 Å². The van der Waals surface area contributed by atoms with E-state index in [9.17, 15) is 22.8 Å². The zero-order valence-corrected chi connectivity index (χ0v) is 16.2. The van der Waals surface area contributed by atoms with E-state index >= 15 is 0 Å². The molecule has 1 aliphatic heterocycles. The minimum absolute atomic E-state index is 0.0255. The smallest absolute Gasteiger partial charge is 0.364 e. The Morgan fingerprint density at radius 3 is 2.31 bits per heavy atom. The molecule has 144 valence electrons. The molecule has 26 heavy (non-hydrogen) atoms. The molecule has 1 unspecified atom stereocenters. The Kier molecular flexibility index (Phi) is 6.85. The number of alkyl halides is 3. The van der Waals surface area contributed by atoms with Gasteiger partial charge in [-0.2, -0.15) is 13.2 Å². The molecule has 1 fully saturated rings. The molecule has 8 heteroatoms. The van der Waals surface area contributed by atoms with Gasteiger partial charge in [-0.05, 0) is 55.5 Å². The van der Waals surface area contributed by atoms with E-state index in [1.165, 1.54) is 4.90 Å². The van der Waals surface area contributed by atoms with Gasteiger partial charge in [-0.1, -0.05) is 15.9 Å². The number of imide groups is 1. The third-order valence-electron chi connectivity index (χ3n) is 4.35. The van der Waals surface area contributed by atoms with Crippen LogP contribution in [0.2, 0.25) is 0 Å². The Morgan fingerprint density at radius 1 is 1.19 bits per heavy atom. The molecular weight excluding hydrogens is 415 g/mol. The summed E-state index contributed by atoms with van der Waals surface area (Å²) >= 11 is 3.39. The Bertz CT molecular complexity index is 675. The summed E-state index contributed by atoms with van der Waals surface area (Å²) in [6, 6.07) is 3.87. The quantitative estimate of drug-likeness (QED) is 0.657. The van der Waals surface area contributed by atoms with E-state index in [2.05, 4.69) is 15.9 Å². The van der Waals surface area contributed by atoms with E-state index in [1.807, 2.05) is 19.1 Å². The molecule has 0 saturated carbocycles. The number of benzene rings is 1. The third kappa shape index (κ3) is 5.30. The van der Waals surface area contributed by atoms with Crippen LogP contribution >= 0.6 is 15.9 Å². The van der Waals surface area contributed by atoms with Gasteiger partial charge in [0.25, 0.3) is 0 Å². The number of nitrogens with zero attached hydrogens (tertiary/aromatic N) is 1. The monoisotopic (exact) mass is 435 g/mol. The van der Waals surface area contributed by atoms with Crippen LogP contribution in [0.5, 0.6) is 0 Å². The van der Waals surface area contributed by atoms with Crippen molar-refractivity contribution >= 4 is 27.7 Å². The molecule has 0 N–H and O–H groups in total. The van der Waals surface area contributed by atoms with Gasteiger partial charge in [0.05, 0.1) is 6.10 Å². The lowest BCUT2D eigenvalue weighted by Gasteiger charge is -2.16. The van der Waals surface area contributed by atoms with Crippen molar-refractivity contribution in [1.29, 1.82) is 0 Å². The first-order chi connectivity index (χ1) is 12.1. The minimum atomic E-state index is -4.26. The van der Waals surface area contributed by atoms with Crippen LogP contribution in [0.3, 0.4) is 0 Å². The second-order valence-corrected chi connectivity index (χ2v) is 7.20. The van der Waals surface area contributed by atoms with Gasteiger partial charge >= 0.3 is 6.18 Å². The molecule has 0 radical (unpaired) electrons. The first kappa shape index (κ1) is 20.9. The average molecular weight is 436 g/mol. The summed E-state index contributed by atoms with van der Waals surface area (Å²) in [5.41, 5.74) is 3.00. The van der Waals surface area contributed by atoms with Crippen LogP contribution in [0.15, 0.2) is 16.6 Å². The number of fused-ring (bicyclic) bond motifs is 1. The predicted octanol–water partition coefficient (Wildman–Crippen LogP) is 4.48. The van der Waals surface area contributed by atoms with Crippen molar-refractivity contribution in [3.05, 3.63) is 33.3 Å². The molecular formula is C18H21BrF3NO3. The predicted molar refractivity (Wildman–Crippen MR) is 93.6 cm³/mol. The fourth-order valence-electron chi connectivity index (χ4n) is 3.26. The van der Waals surface area contributed by atoms with Crippen LogP contribution in [0.1, 0.15) is 49.0 Å². The third-order valence-corrected chi connectivity index (χ3v) is 4.81. The summed E-state index contributed by atoms with van der Waals surface area (Å²) in [5, 5.41) is 0. The van der Waals surface area contributed by atoms with Gasteiger partial charge in [0.15, 0.2) is 0 Å². The number of hydrogen-bond donors (Lipinski definition) is 0. The van der Waals surface area contributed by atoms with Gasteiger partial charge in [0, 0.05) is 23.9 Å². The molecule has 1 aliphatic carbocycles. The molecule has 3 rings (SSSR count). The number of carbonyl (C=O) groups is 2. The Hall–Kier alpha value is -1.41. The van der Waals surface area contributed by atoms with Gasteiger partial charge in [-0.25, -0.2) is 0 Å². The Labute approximate surface area is 158 Å². The summed E-state index contributed by atoms with van der Waals surface area (Å²) in [6.45, 7) is 3.06. The maximum Gasteiger partial charge on any atom is 0.411 e. The van der Waals surface area contributed by atoms with Crippen molar-refractivity contribution in [1.82, 2.24) is 4.90 Å². The highest BCUT2D eigenvalue weighted by molar-refractivity contribution is 9.10. The number of carbonyl (C=O) groups excluding carboxylic acids is 2. The number of rotatable bonds is 3. The molecule has 2 amide bonds. The second kappa shape index (κ2) is 8.52. The summed E-state index contributed by atoms with van der Waals surface area (Å²) in [6.07, 6.45) is -2.45. The molecule has 0 spiro atoms. The zero-order valence-electron chi connectivity index (χ0n) is 14.7. The Balaban J connectivity index is 0.000000228. The van der Waals surface area contributed by atoms with E-state index < -0.39 is 18.9 Å². The number of amides is 2. The Morgan fingerprint density at radius 2 is 1.81 bits per heavy atom. The van der Waals surface area contributed by atoms with E-state index in [0.717, 1.165) is 27.6 Å². The van der Waals surface area contributed by atoms with Crippen molar-refractivity contribution in [2.45, 2.75) is 51.8 Å². The highest BCUT2D eigenvalue weighted by Gasteiger charge is 2.32. The van der Waals surface area contributed by atoms with Crippen molar-refractivity contribution in [3.8, 4) is 0 Å². The maximum absolute atomic E-state index is 12.1. The largest absolute Gasteiger partial charge is 0.411 e. The van der Waals surface area contributed by atoms with Crippen LogP contribution in [0.4, 0.5) is 13.2 Å². The van der Waals surface area contributed by atoms with Crippen LogP contribution in [-0.4, -0.2) is 36.0 Å². The summed E-state index contributed by atoms with van der Waals surface area (Å²) in [5.74, 6) is -0.0509. The SMILES string of the molecule is CCN1C(=O)CCC1=O.Cc1cc(Br)cc2c1C(OCC(F)(F)F)CC2. The van der Waals surface area contributed by atoms with E-state index in [0.29, 0.717) is 25.8 Å². The molecule has 2 aliphatic rings. The summed E-state index contributed by atoms with van der Waals surface area (Å²) in [4.78, 5) is 22.7. The van der Waals surface area contributed by atoms with Gasteiger partial charge in [-0.3, -0.25) is 14.5 Å². The summed E-state index contributed by atoms with van der Waals surface area (Å²) < 4.78 is 42.3. The number of ether oxygens (including phenoxy) is 1. The highest BCUT2D eigenvalue weighted by atomic mass is 79.9. The first-order valence-electron chi connectivity index (χ1n) is 8.42. The van der Waals surface area contributed by atoms with Crippen molar-refractivity contribution in [2.75, 3.05) is 13.2 Å². The molecule has 0 bridgehead atoms. The van der Waals surface area contributed by atoms with Gasteiger partial charge < -0.3 is 4.74 Å². The average Bonchev–Trinajstić information content (AvgIpc) is 3.08. The van der Waals surface area contributed by atoms with Crippen LogP contribution in [-0.2, 0) is 20.7 Å². The van der Waals surface area contributed by atoms with Gasteiger partial charge in [0.2, 0.25) is 11.8 Å². The normalized spacial score (nSPS) is 19.5. The molecule has 1 atom stereocenters. The fraction of sp³-hybridized carbons (Fsp3) is 0.556. The number of halogens is 4. The maximum atomic E-state index is 12.1. The standard InChI is InChI=1S/C12H12BrF3O.C6H9NO2/c1-7-4-9(13)5-8-2-3-10(11(7)8)17-6-12(14,15)16;1-2-7-5(8)3-4-6(7)9/h4-5,10H,2-3,6H2,1H3;2-4H2,1H3. The zero-order chi connectivity index (χ0) is 19.5. The van der Waals surface area contributed by atoms with Crippen molar-refractivity contribution in [2.24, 2.45) is 0 Å². The molecule has 1 aromatic rings. The number of hydrogen-bond acceptors (Lipinski definition) is 3. The van der Waals surface area contributed by atoms with Crippen LogP contribution in [0, 0.1) is 6.92 Å². The van der Waals surface area contributed by atoms with Crippen molar-refractivity contribution < 1.29 is 27.5 Å². The minimum Gasteiger partial charge on any atom is -0.364 e. The molecule has 4 nitrogen and oxygen atoms in total. The number of likely N-dealkylation sites (tertiary alicyclic amines) is 1. The fourth-order valence-corrected chi connectivity index (χ4v) is 3.88. The van der Waals surface area contributed by atoms with E-state index in [1.54, 1.807) is 6.92 Å². The lowest BCUT2D eigenvalue weighted by molar-refractivity contribution is -0.186. The van der Waals surface area contributed by atoms with Crippen LogP contribution in [0.25, 0.3) is 0 Å². The van der Waals surface area contributed by atoms with Gasteiger partial charge in [-0.15, -0.1) is 0 Å². The summed E-state index contributed by atoms with van der Waals surface area (Å²) in [7, 11) is 0. The molecule has 1 heterocycles. The lowest BCUT2D eigenvalue weighted by Crippen LogP contribution is -2.28. The molecule has 1 aromatic carbocycles. The van der Waals surface area contributed by atoms with Gasteiger partial charge in [0.1, 0.15) is 6.61 Å². The lowest BCUT2D eigenvalue weighted by atomic mass is 10.0. The second-order valence-electron chi connectivity index (χ2n) is 6.28. The first-order valence-corrected chi connectivity index (χ1v) is 9.22. The van der Waals surface area contributed by atoms with E-state index in [4.69, 9.17) is 4.74 Å². The van der Waals surface area contributed by atoms with E-state index in [-0.39, 0.29) is 11.8 Å².